The van der Waals surface area contributed by atoms with Gasteiger partial charge in [0.2, 0.25) is 0 Å². The molecular formula is C13H19FNO4P. The molecule has 1 aromatic rings. The summed E-state index contributed by atoms with van der Waals surface area (Å²) in [4.78, 5) is 0. The predicted octanol–water partition coefficient (Wildman–Crippen LogP) is 3.05. The zero-order valence-corrected chi connectivity index (χ0v) is 12.4. The van der Waals surface area contributed by atoms with Crippen molar-refractivity contribution in [2.45, 2.75) is 38.1 Å². The molecule has 1 unspecified atom stereocenters. The Balaban J connectivity index is 1.86. The van der Waals surface area contributed by atoms with Crippen molar-refractivity contribution in [3.8, 4) is 5.75 Å². The summed E-state index contributed by atoms with van der Waals surface area (Å²) in [6, 6.07) is 8.49. The molecule has 112 valence electrons. The summed E-state index contributed by atoms with van der Waals surface area (Å²) >= 11 is 0. The third kappa shape index (κ3) is 4.03. The van der Waals surface area contributed by atoms with Gasteiger partial charge in [-0.15, -0.1) is 0 Å². The van der Waals surface area contributed by atoms with Gasteiger partial charge in [-0.2, -0.15) is 0 Å². The number of nitrogens with two attached hydrogens (primary N) is 1. The van der Waals surface area contributed by atoms with Crippen molar-refractivity contribution in [2.75, 3.05) is 6.61 Å². The maximum absolute atomic E-state index is 13.9. The minimum absolute atomic E-state index is 0.0650. The summed E-state index contributed by atoms with van der Waals surface area (Å²) in [5.74, 6) is 0.356. The quantitative estimate of drug-likeness (QED) is 0.847. The molecule has 1 aliphatic heterocycles. The van der Waals surface area contributed by atoms with Crippen LogP contribution in [0.4, 0.5) is 4.39 Å². The van der Waals surface area contributed by atoms with Gasteiger partial charge in [0.1, 0.15) is 11.4 Å². The van der Waals surface area contributed by atoms with Crippen molar-refractivity contribution in [1.82, 2.24) is 0 Å². The molecule has 0 amide bonds. The first-order chi connectivity index (χ1) is 9.28. The molecule has 0 bridgehead atoms. The van der Waals surface area contributed by atoms with Gasteiger partial charge in [-0.3, -0.25) is 4.52 Å². The van der Waals surface area contributed by atoms with E-state index in [9.17, 15) is 8.96 Å². The van der Waals surface area contributed by atoms with Gasteiger partial charge in [-0.1, -0.05) is 18.2 Å². The Morgan fingerprint density at radius 1 is 1.50 bits per heavy atom. The van der Waals surface area contributed by atoms with Gasteiger partial charge in [0, 0.05) is 6.42 Å². The highest BCUT2D eigenvalue weighted by atomic mass is 31.2. The number of rotatable bonds is 5. The molecule has 0 aliphatic carbocycles. The summed E-state index contributed by atoms with van der Waals surface area (Å²) in [6.45, 7) is 3.06. The van der Waals surface area contributed by atoms with E-state index in [0.29, 0.717) is 5.75 Å². The number of benzene rings is 1. The van der Waals surface area contributed by atoms with Crippen LogP contribution in [0.2, 0.25) is 0 Å². The fraction of sp³-hybridized carbons (Fsp3) is 0.538. The molecule has 1 aliphatic rings. The van der Waals surface area contributed by atoms with Gasteiger partial charge < -0.3 is 9.26 Å². The van der Waals surface area contributed by atoms with Crippen molar-refractivity contribution >= 4 is 7.75 Å². The monoisotopic (exact) mass is 303 g/mol. The summed E-state index contributed by atoms with van der Waals surface area (Å²) in [7, 11) is -3.73. The summed E-state index contributed by atoms with van der Waals surface area (Å²) in [5.41, 5.74) is 4.08. The highest BCUT2D eigenvalue weighted by Gasteiger charge is 2.43. The molecule has 0 saturated carbocycles. The van der Waals surface area contributed by atoms with Gasteiger partial charge in [0.25, 0.3) is 0 Å². The lowest BCUT2D eigenvalue weighted by molar-refractivity contribution is -0.00129. The Kier molecular flexibility index (Phi) is 4.49. The van der Waals surface area contributed by atoms with Crippen LogP contribution in [-0.2, 0) is 13.8 Å². The van der Waals surface area contributed by atoms with Crippen molar-refractivity contribution in [3.05, 3.63) is 30.3 Å². The molecule has 2 rings (SSSR count). The van der Waals surface area contributed by atoms with Crippen LogP contribution in [0, 0.1) is 0 Å². The van der Waals surface area contributed by atoms with Crippen LogP contribution in [0.1, 0.15) is 20.3 Å². The maximum atomic E-state index is 13.9. The summed E-state index contributed by atoms with van der Waals surface area (Å²) < 4.78 is 41.4. The third-order valence-corrected chi connectivity index (χ3v) is 4.26. The maximum Gasteiger partial charge on any atom is 0.456 e. The molecule has 1 saturated heterocycles. The number of para-hydroxylation sites is 1. The Bertz CT molecular complexity index is 496. The summed E-state index contributed by atoms with van der Waals surface area (Å²) in [5, 5.41) is 0. The normalized spacial score (nSPS) is 32.8. The van der Waals surface area contributed by atoms with Crippen molar-refractivity contribution in [1.29, 1.82) is 0 Å². The number of ether oxygens (including phenoxy) is 1. The molecule has 1 fully saturated rings. The smallest absolute Gasteiger partial charge is 0.413 e. The van der Waals surface area contributed by atoms with Gasteiger partial charge in [-0.25, -0.2) is 14.5 Å². The molecule has 1 aromatic carbocycles. The Hall–Kier alpha value is -0.940. The van der Waals surface area contributed by atoms with E-state index in [1.807, 2.05) is 0 Å². The first-order valence-electron chi connectivity index (χ1n) is 6.41. The second-order valence-electron chi connectivity index (χ2n) is 5.12. The minimum Gasteiger partial charge on any atom is -0.413 e. The van der Waals surface area contributed by atoms with Gasteiger partial charge >= 0.3 is 7.75 Å². The van der Waals surface area contributed by atoms with E-state index in [4.69, 9.17) is 19.3 Å². The third-order valence-electron chi connectivity index (χ3n) is 3.29. The Labute approximate surface area is 117 Å². The SMILES string of the molecule is C[C@@H]1OC(CO[P@](N)(=O)Oc2ccccc2)C[C@@]1(C)F. The second-order valence-corrected chi connectivity index (χ2v) is 6.64. The van der Waals surface area contributed by atoms with E-state index >= 15 is 0 Å². The topological polar surface area (TPSA) is 70.8 Å². The highest BCUT2D eigenvalue weighted by molar-refractivity contribution is 7.51. The van der Waals surface area contributed by atoms with Crippen LogP contribution in [0.25, 0.3) is 0 Å². The molecule has 20 heavy (non-hydrogen) atoms. The predicted molar refractivity (Wildman–Crippen MR) is 73.3 cm³/mol. The molecule has 1 heterocycles. The molecule has 5 nitrogen and oxygen atoms in total. The molecular weight excluding hydrogens is 284 g/mol. The highest BCUT2D eigenvalue weighted by Crippen LogP contribution is 2.42. The van der Waals surface area contributed by atoms with Crippen molar-refractivity contribution < 1.29 is 22.7 Å². The van der Waals surface area contributed by atoms with E-state index < -0.39 is 25.6 Å². The number of hydrogen-bond acceptors (Lipinski definition) is 4. The average molecular weight is 303 g/mol. The minimum atomic E-state index is -3.73. The van der Waals surface area contributed by atoms with E-state index in [2.05, 4.69) is 0 Å². The molecule has 4 atom stereocenters. The van der Waals surface area contributed by atoms with Crippen LogP contribution < -0.4 is 10.0 Å². The lowest BCUT2D eigenvalue weighted by atomic mass is 10.00. The first-order valence-corrected chi connectivity index (χ1v) is 8.02. The van der Waals surface area contributed by atoms with E-state index in [-0.39, 0.29) is 13.0 Å². The number of alkyl halides is 1. The van der Waals surface area contributed by atoms with Crippen LogP contribution in [0.15, 0.2) is 30.3 Å². The van der Waals surface area contributed by atoms with Gasteiger partial charge in [-0.05, 0) is 26.0 Å². The Morgan fingerprint density at radius 3 is 2.70 bits per heavy atom. The fourth-order valence-electron chi connectivity index (χ4n) is 2.03. The molecule has 7 heteroatoms. The largest absolute Gasteiger partial charge is 0.456 e. The molecule has 2 N–H and O–H groups in total. The fourth-order valence-corrected chi connectivity index (χ4v) is 2.87. The van der Waals surface area contributed by atoms with E-state index in [1.165, 1.54) is 6.92 Å². The lowest BCUT2D eigenvalue weighted by Crippen LogP contribution is -2.26. The Morgan fingerprint density at radius 2 is 2.15 bits per heavy atom. The molecule has 0 aromatic heterocycles. The van der Waals surface area contributed by atoms with Gasteiger partial charge in [0.15, 0.2) is 0 Å². The number of halogens is 1. The van der Waals surface area contributed by atoms with Crippen molar-refractivity contribution in [3.63, 3.8) is 0 Å². The van der Waals surface area contributed by atoms with Crippen LogP contribution in [0.3, 0.4) is 0 Å². The van der Waals surface area contributed by atoms with Gasteiger partial charge in [0.05, 0.1) is 18.8 Å². The van der Waals surface area contributed by atoms with Crippen LogP contribution in [-0.4, -0.2) is 24.5 Å². The van der Waals surface area contributed by atoms with E-state index in [0.717, 1.165) is 0 Å². The van der Waals surface area contributed by atoms with Crippen LogP contribution in [0.5, 0.6) is 5.75 Å². The lowest BCUT2D eigenvalue weighted by Gasteiger charge is -2.17. The zero-order chi connectivity index (χ0) is 14.8. The first kappa shape index (κ1) is 15.4. The van der Waals surface area contributed by atoms with E-state index in [1.54, 1.807) is 37.3 Å². The molecule has 0 spiro atoms. The zero-order valence-electron chi connectivity index (χ0n) is 11.5. The second kappa shape index (κ2) is 5.82. The van der Waals surface area contributed by atoms with Crippen LogP contribution >= 0.6 is 7.75 Å². The summed E-state index contributed by atoms with van der Waals surface area (Å²) in [6.07, 6.45) is -0.820. The van der Waals surface area contributed by atoms with Crippen molar-refractivity contribution in [2.24, 2.45) is 5.50 Å². The average Bonchev–Trinajstić information content (AvgIpc) is 2.62. The standard InChI is InChI=1S/C13H19FNO4P/c1-10-13(2,14)8-12(18-10)9-17-20(15,16)19-11-6-4-3-5-7-11/h3-7,10,12H,8-9H2,1-2H3,(H2,15,16)/t10-,12?,13+,20-/m0/s1. The molecule has 0 radical (unpaired) electrons. The number of hydrogen-bond donors (Lipinski definition) is 1.